The van der Waals surface area contributed by atoms with Crippen LogP contribution in [-0.4, -0.2) is 18.0 Å². The Morgan fingerprint density at radius 2 is 1.76 bits per heavy atom. The summed E-state index contributed by atoms with van der Waals surface area (Å²) in [5, 5.41) is 3.37. The van der Waals surface area contributed by atoms with Crippen LogP contribution in [0.15, 0.2) is 40.8 Å². The Morgan fingerprint density at radius 1 is 1.05 bits per heavy atom. The van der Waals surface area contributed by atoms with E-state index in [0.29, 0.717) is 6.04 Å². The minimum atomic E-state index is 0.474. The summed E-state index contributed by atoms with van der Waals surface area (Å²) >= 11 is 0. The van der Waals surface area contributed by atoms with Gasteiger partial charge in [0.2, 0.25) is 0 Å². The lowest BCUT2D eigenvalue weighted by molar-refractivity contribution is 0.281. The molecule has 1 heterocycles. The van der Waals surface area contributed by atoms with Crippen molar-refractivity contribution in [1.29, 1.82) is 0 Å². The van der Waals surface area contributed by atoms with Crippen molar-refractivity contribution < 1.29 is 4.42 Å². The summed E-state index contributed by atoms with van der Waals surface area (Å²) in [7, 11) is 2.13. The molecule has 21 heavy (non-hydrogen) atoms. The standard InChI is InChI=1S/C18H26N2O/c1-14(2)19-11-17-9-10-18(21-17)13-20(4)12-16-8-6-5-7-15(16)3/h5-10,14,19H,11-13H2,1-4H3. The van der Waals surface area contributed by atoms with Crippen molar-refractivity contribution >= 4 is 0 Å². The summed E-state index contributed by atoms with van der Waals surface area (Å²) in [6, 6.07) is 13.1. The van der Waals surface area contributed by atoms with Crippen molar-refractivity contribution in [3.63, 3.8) is 0 Å². The maximum atomic E-state index is 5.87. The molecule has 2 aromatic rings. The Balaban J connectivity index is 1.88. The number of nitrogens with zero attached hydrogens (tertiary/aromatic N) is 1. The summed E-state index contributed by atoms with van der Waals surface area (Å²) in [4.78, 5) is 2.28. The predicted molar refractivity (Wildman–Crippen MR) is 87.0 cm³/mol. The number of furan rings is 1. The van der Waals surface area contributed by atoms with Gasteiger partial charge < -0.3 is 9.73 Å². The first-order valence-corrected chi connectivity index (χ1v) is 7.58. The molecule has 0 aliphatic heterocycles. The summed E-state index contributed by atoms with van der Waals surface area (Å²) in [6.45, 7) is 8.99. The number of aryl methyl sites for hydroxylation is 1. The van der Waals surface area contributed by atoms with Crippen molar-refractivity contribution in [3.05, 3.63) is 59.0 Å². The van der Waals surface area contributed by atoms with Crippen molar-refractivity contribution in [3.8, 4) is 0 Å². The lowest BCUT2D eigenvalue weighted by atomic mass is 10.1. The van der Waals surface area contributed by atoms with Crippen molar-refractivity contribution in [2.45, 2.75) is 46.4 Å². The molecule has 0 aliphatic rings. The van der Waals surface area contributed by atoms with Gasteiger partial charge in [0.05, 0.1) is 13.1 Å². The zero-order valence-electron chi connectivity index (χ0n) is 13.5. The second-order valence-corrected chi connectivity index (χ2v) is 6.00. The average Bonchev–Trinajstić information content (AvgIpc) is 2.86. The molecule has 0 unspecified atom stereocenters. The molecule has 0 bridgehead atoms. The Hall–Kier alpha value is -1.58. The molecule has 0 atom stereocenters. The minimum absolute atomic E-state index is 0.474. The smallest absolute Gasteiger partial charge is 0.118 e. The van der Waals surface area contributed by atoms with E-state index in [-0.39, 0.29) is 0 Å². The van der Waals surface area contributed by atoms with Gasteiger partial charge in [-0.15, -0.1) is 0 Å². The molecule has 3 heteroatoms. The third-order valence-corrected chi connectivity index (χ3v) is 3.53. The molecule has 0 amide bonds. The molecule has 0 fully saturated rings. The van der Waals surface area contributed by atoms with E-state index in [2.05, 4.69) is 74.4 Å². The first-order valence-electron chi connectivity index (χ1n) is 7.58. The van der Waals surface area contributed by atoms with Crippen LogP contribution in [0.4, 0.5) is 0 Å². The highest BCUT2D eigenvalue weighted by atomic mass is 16.3. The van der Waals surface area contributed by atoms with Crippen LogP contribution in [0.3, 0.4) is 0 Å². The fraction of sp³-hybridized carbons (Fsp3) is 0.444. The van der Waals surface area contributed by atoms with E-state index >= 15 is 0 Å². The van der Waals surface area contributed by atoms with Gasteiger partial charge in [0.15, 0.2) is 0 Å². The zero-order chi connectivity index (χ0) is 15.2. The molecule has 0 saturated heterocycles. The summed E-state index contributed by atoms with van der Waals surface area (Å²) in [5.74, 6) is 2.02. The first-order chi connectivity index (χ1) is 10.0. The van der Waals surface area contributed by atoms with Crippen LogP contribution in [-0.2, 0) is 19.6 Å². The molecule has 0 radical (unpaired) electrons. The Bertz CT molecular complexity index is 560. The molecule has 3 nitrogen and oxygen atoms in total. The van der Waals surface area contributed by atoms with Gasteiger partial charge in [0.25, 0.3) is 0 Å². The molecule has 114 valence electrons. The van der Waals surface area contributed by atoms with Crippen LogP contribution in [0.1, 0.15) is 36.5 Å². The van der Waals surface area contributed by atoms with E-state index < -0.39 is 0 Å². The van der Waals surface area contributed by atoms with Crippen molar-refractivity contribution in [2.24, 2.45) is 0 Å². The van der Waals surface area contributed by atoms with Crippen LogP contribution in [0, 0.1) is 6.92 Å². The second kappa shape index (κ2) is 7.43. The van der Waals surface area contributed by atoms with E-state index in [1.807, 2.05) is 0 Å². The van der Waals surface area contributed by atoms with Gasteiger partial charge >= 0.3 is 0 Å². The SMILES string of the molecule is Cc1ccccc1CN(C)Cc1ccc(CNC(C)C)o1. The van der Waals surface area contributed by atoms with Crippen LogP contribution < -0.4 is 5.32 Å². The predicted octanol–water partition coefficient (Wildman–Crippen LogP) is 3.72. The number of nitrogens with one attached hydrogen (secondary N) is 1. The number of rotatable bonds is 7. The molecular formula is C18H26N2O. The highest BCUT2D eigenvalue weighted by molar-refractivity contribution is 5.25. The number of benzene rings is 1. The third kappa shape index (κ3) is 5.03. The number of hydrogen-bond donors (Lipinski definition) is 1. The highest BCUT2D eigenvalue weighted by Crippen LogP contribution is 2.14. The molecule has 0 spiro atoms. The maximum Gasteiger partial charge on any atom is 0.118 e. The molecule has 1 aromatic carbocycles. The Labute approximate surface area is 128 Å². The minimum Gasteiger partial charge on any atom is -0.463 e. The first kappa shape index (κ1) is 15.8. The van der Waals surface area contributed by atoms with Crippen molar-refractivity contribution in [1.82, 2.24) is 10.2 Å². The van der Waals surface area contributed by atoms with E-state index in [1.165, 1.54) is 11.1 Å². The lowest BCUT2D eigenvalue weighted by Gasteiger charge is -2.16. The lowest BCUT2D eigenvalue weighted by Crippen LogP contribution is -2.21. The van der Waals surface area contributed by atoms with Gasteiger partial charge in [0.1, 0.15) is 11.5 Å². The molecule has 1 N–H and O–H groups in total. The van der Waals surface area contributed by atoms with Crippen LogP contribution in [0.5, 0.6) is 0 Å². The molecule has 0 saturated carbocycles. The largest absolute Gasteiger partial charge is 0.463 e. The van der Waals surface area contributed by atoms with Gasteiger partial charge in [-0.05, 0) is 37.2 Å². The van der Waals surface area contributed by atoms with Gasteiger partial charge in [-0.3, -0.25) is 4.90 Å². The fourth-order valence-electron chi connectivity index (χ4n) is 2.31. The van der Waals surface area contributed by atoms with Crippen LogP contribution >= 0.6 is 0 Å². The van der Waals surface area contributed by atoms with Crippen LogP contribution in [0.2, 0.25) is 0 Å². The molecule has 2 rings (SSSR count). The van der Waals surface area contributed by atoms with Crippen molar-refractivity contribution in [2.75, 3.05) is 7.05 Å². The number of hydrogen-bond acceptors (Lipinski definition) is 3. The van der Waals surface area contributed by atoms with E-state index in [9.17, 15) is 0 Å². The molecule has 0 aliphatic carbocycles. The fourth-order valence-corrected chi connectivity index (χ4v) is 2.31. The quantitative estimate of drug-likeness (QED) is 0.841. The Kier molecular flexibility index (Phi) is 5.59. The second-order valence-electron chi connectivity index (χ2n) is 6.00. The summed E-state index contributed by atoms with van der Waals surface area (Å²) < 4.78 is 5.87. The zero-order valence-corrected chi connectivity index (χ0v) is 13.5. The summed E-state index contributed by atoms with van der Waals surface area (Å²) in [6.07, 6.45) is 0. The Morgan fingerprint density at radius 3 is 2.48 bits per heavy atom. The topological polar surface area (TPSA) is 28.4 Å². The summed E-state index contributed by atoms with van der Waals surface area (Å²) in [5.41, 5.74) is 2.71. The molecular weight excluding hydrogens is 260 g/mol. The van der Waals surface area contributed by atoms with E-state index in [0.717, 1.165) is 31.2 Å². The van der Waals surface area contributed by atoms with Gasteiger partial charge in [-0.25, -0.2) is 0 Å². The normalized spacial score (nSPS) is 11.5. The van der Waals surface area contributed by atoms with E-state index in [1.54, 1.807) is 0 Å². The monoisotopic (exact) mass is 286 g/mol. The van der Waals surface area contributed by atoms with E-state index in [4.69, 9.17) is 4.42 Å². The van der Waals surface area contributed by atoms with Crippen LogP contribution in [0.25, 0.3) is 0 Å². The highest BCUT2D eigenvalue weighted by Gasteiger charge is 2.07. The van der Waals surface area contributed by atoms with Gasteiger partial charge in [-0.2, -0.15) is 0 Å². The third-order valence-electron chi connectivity index (χ3n) is 3.53. The van der Waals surface area contributed by atoms with Gasteiger partial charge in [-0.1, -0.05) is 38.1 Å². The maximum absolute atomic E-state index is 5.87. The molecule has 1 aromatic heterocycles. The van der Waals surface area contributed by atoms with Gasteiger partial charge in [0, 0.05) is 12.6 Å². The average molecular weight is 286 g/mol.